The van der Waals surface area contributed by atoms with Crippen LogP contribution < -0.4 is 29.6 Å². The summed E-state index contributed by atoms with van der Waals surface area (Å²) in [5.41, 5.74) is -1.29. The standard InChI is InChI=1S/C48H62FN5O10S.3H2/c1-27(2)62-33-16-14-30(15-17-33)37-21-31-22-39(61-9)36(49)24-35(31)42(50-37)63-34-23-38-41(55)52-48(44(57)53-65(59,60)47(8)18-19-47)25-32(48)13-11-10-12-28(3)20-29(4)40(43(56)54(38)26-34)51-45(58)64-46(5,6)7;;;/h11,13-17,21-22,24,27-29,32,34,38,40H,10,12,18-20,23,25-26H2,1-9H3,(H,51,58)(H,52,55)(H,53,57);3*1H/b13-11-;;;/t28-,29+,32+,34+,38-,40-,48+;;;/m0.../s1. The van der Waals surface area contributed by atoms with Gasteiger partial charge in [0.2, 0.25) is 27.7 Å². The van der Waals surface area contributed by atoms with Gasteiger partial charge in [0.15, 0.2) is 11.6 Å². The van der Waals surface area contributed by atoms with Gasteiger partial charge in [0.25, 0.3) is 5.91 Å². The summed E-state index contributed by atoms with van der Waals surface area (Å²) in [5, 5.41) is 6.56. The molecule has 7 atom stereocenters. The molecule has 0 bridgehead atoms. The van der Waals surface area contributed by atoms with Crippen LogP contribution in [0.3, 0.4) is 0 Å². The third kappa shape index (κ3) is 10.5. The highest BCUT2D eigenvalue weighted by Gasteiger charge is 2.63. The number of aromatic nitrogens is 1. The van der Waals surface area contributed by atoms with Gasteiger partial charge >= 0.3 is 6.09 Å². The molecule has 3 fully saturated rings. The minimum Gasteiger partial charge on any atom is -0.494 e. The molecule has 3 N–H and O–H groups in total. The molecule has 0 radical (unpaired) electrons. The van der Waals surface area contributed by atoms with Crippen LogP contribution in [0.1, 0.15) is 105 Å². The van der Waals surface area contributed by atoms with E-state index in [2.05, 4.69) is 22.3 Å². The van der Waals surface area contributed by atoms with Crippen molar-refractivity contribution in [3.05, 3.63) is 60.4 Å². The third-order valence-electron chi connectivity index (χ3n) is 12.8. The van der Waals surface area contributed by atoms with E-state index in [0.717, 1.165) is 6.42 Å². The predicted octanol–water partition coefficient (Wildman–Crippen LogP) is 7.70. The van der Waals surface area contributed by atoms with Crippen molar-refractivity contribution in [2.24, 2.45) is 17.8 Å². The van der Waals surface area contributed by atoms with E-state index >= 15 is 9.18 Å². The predicted molar refractivity (Wildman–Crippen MR) is 248 cm³/mol. The Labute approximate surface area is 385 Å². The molecule has 2 aliphatic heterocycles. The Morgan fingerprint density at radius 2 is 1.77 bits per heavy atom. The summed E-state index contributed by atoms with van der Waals surface area (Å²) in [7, 11) is -2.69. The number of hydrogen-bond acceptors (Lipinski definition) is 11. The molecule has 0 spiro atoms. The second-order valence-corrected chi connectivity index (χ2v) is 22.0. The van der Waals surface area contributed by atoms with Gasteiger partial charge in [-0.1, -0.05) is 26.0 Å². The van der Waals surface area contributed by atoms with E-state index in [1.807, 2.05) is 57.2 Å². The number of carbonyl (C=O) groups is 4. The van der Waals surface area contributed by atoms with Crippen molar-refractivity contribution in [2.45, 2.75) is 141 Å². The normalized spacial score (nSPS) is 27.3. The average molecular weight is 926 g/mol. The number of halogens is 1. The van der Waals surface area contributed by atoms with Crippen molar-refractivity contribution in [1.29, 1.82) is 0 Å². The molecule has 358 valence electrons. The number of methoxy groups -OCH3 is 1. The summed E-state index contributed by atoms with van der Waals surface area (Å²) in [6.45, 7) is 14.3. The maximum atomic E-state index is 15.4. The first-order valence-electron chi connectivity index (χ1n) is 22.5. The highest BCUT2D eigenvalue weighted by molar-refractivity contribution is 7.91. The van der Waals surface area contributed by atoms with Crippen LogP contribution in [-0.4, -0.2) is 95.9 Å². The Bertz CT molecular complexity index is 2490. The molecule has 65 heavy (non-hydrogen) atoms. The number of carbonyl (C=O) groups excluding carboxylic acids is 4. The third-order valence-corrected chi connectivity index (χ3v) is 14.9. The number of allylic oxidation sites excluding steroid dienone is 1. The zero-order valence-corrected chi connectivity index (χ0v) is 39.5. The quantitative estimate of drug-likeness (QED) is 0.169. The summed E-state index contributed by atoms with van der Waals surface area (Å²) in [6.07, 6.45) is 4.80. The maximum Gasteiger partial charge on any atom is 0.408 e. The van der Waals surface area contributed by atoms with Gasteiger partial charge in [-0.2, -0.15) is 0 Å². The van der Waals surface area contributed by atoms with Gasteiger partial charge in [-0.05, 0) is 140 Å². The Morgan fingerprint density at radius 1 is 1.06 bits per heavy atom. The van der Waals surface area contributed by atoms with Crippen LogP contribution in [0.2, 0.25) is 0 Å². The Morgan fingerprint density at radius 3 is 2.42 bits per heavy atom. The van der Waals surface area contributed by atoms with Gasteiger partial charge in [-0.3, -0.25) is 19.1 Å². The minimum atomic E-state index is -4.06. The van der Waals surface area contributed by atoms with Crippen LogP contribution in [0.15, 0.2) is 54.6 Å². The molecule has 4 amide bonds. The van der Waals surface area contributed by atoms with Gasteiger partial charge in [0, 0.05) is 27.6 Å². The number of alkyl carbamates (subject to hydrolysis) is 1. The Balaban J connectivity index is 0.00000336. The highest BCUT2D eigenvalue weighted by atomic mass is 32.2. The molecule has 1 aromatic heterocycles. The van der Waals surface area contributed by atoms with Crippen molar-refractivity contribution in [2.75, 3.05) is 13.7 Å². The zero-order chi connectivity index (χ0) is 47.2. The van der Waals surface area contributed by atoms with E-state index in [-0.39, 0.29) is 47.3 Å². The van der Waals surface area contributed by atoms with E-state index in [0.29, 0.717) is 53.5 Å². The number of hydrogen-bond donors (Lipinski definition) is 3. The largest absolute Gasteiger partial charge is 0.494 e. The van der Waals surface area contributed by atoms with Gasteiger partial charge in [0.05, 0.1) is 30.2 Å². The van der Waals surface area contributed by atoms with E-state index in [1.165, 1.54) is 18.1 Å². The van der Waals surface area contributed by atoms with Gasteiger partial charge in [-0.15, -0.1) is 0 Å². The van der Waals surface area contributed by atoms with Crippen molar-refractivity contribution in [3.63, 3.8) is 0 Å². The molecule has 4 aliphatic rings. The summed E-state index contributed by atoms with van der Waals surface area (Å²) in [4.78, 5) is 63.5. The number of sulfonamides is 1. The lowest BCUT2D eigenvalue weighted by molar-refractivity contribution is -0.142. The summed E-state index contributed by atoms with van der Waals surface area (Å²) in [6, 6.07) is 9.51. The van der Waals surface area contributed by atoms with Gasteiger partial charge < -0.3 is 34.5 Å². The molecule has 2 saturated carbocycles. The van der Waals surface area contributed by atoms with Crippen molar-refractivity contribution >= 4 is 44.6 Å². The summed E-state index contributed by atoms with van der Waals surface area (Å²) < 4.78 is 66.7. The lowest BCUT2D eigenvalue weighted by atomic mass is 9.88. The molecule has 0 unspecified atom stereocenters. The lowest BCUT2D eigenvalue weighted by Gasteiger charge is -2.33. The number of nitrogens with zero attached hydrogens (tertiary/aromatic N) is 2. The monoisotopic (exact) mass is 925 g/mol. The Hall–Kier alpha value is -5.45. The first-order chi connectivity index (χ1) is 30.5. The number of benzene rings is 2. The fraction of sp³-hybridized carbons (Fsp3) is 0.562. The van der Waals surface area contributed by atoms with Crippen LogP contribution in [0, 0.1) is 23.6 Å². The summed E-state index contributed by atoms with van der Waals surface area (Å²) in [5.74, 6) is -2.90. The average Bonchev–Trinajstić information content (AvgIpc) is 4.10. The highest BCUT2D eigenvalue weighted by Crippen LogP contribution is 2.48. The van der Waals surface area contributed by atoms with Crippen LogP contribution >= 0.6 is 0 Å². The van der Waals surface area contributed by atoms with Gasteiger partial charge in [0.1, 0.15) is 35.1 Å². The first kappa shape index (κ1) is 47.5. The van der Waals surface area contributed by atoms with E-state index < -0.39 is 85.6 Å². The molecule has 3 aromatic rings. The van der Waals surface area contributed by atoms with E-state index in [4.69, 9.17) is 23.9 Å². The fourth-order valence-electron chi connectivity index (χ4n) is 8.78. The molecule has 2 aromatic carbocycles. The van der Waals surface area contributed by atoms with Crippen LogP contribution in [-0.2, 0) is 29.1 Å². The number of ether oxygens (including phenoxy) is 4. The van der Waals surface area contributed by atoms with Crippen molar-refractivity contribution < 1.29 is 55.2 Å². The zero-order valence-electron chi connectivity index (χ0n) is 38.7. The number of fused-ring (bicyclic) bond motifs is 3. The number of pyridine rings is 1. The van der Waals surface area contributed by atoms with Crippen molar-refractivity contribution in [3.8, 4) is 28.6 Å². The Kier molecular flexibility index (Phi) is 13.2. The number of nitrogens with one attached hydrogen (secondary N) is 3. The molecular formula is C48H68FN5O10S. The number of rotatable bonds is 10. The lowest BCUT2D eigenvalue weighted by Crippen LogP contribution is -2.59. The van der Waals surface area contributed by atoms with Crippen LogP contribution in [0.4, 0.5) is 9.18 Å². The summed E-state index contributed by atoms with van der Waals surface area (Å²) >= 11 is 0. The molecule has 17 heteroatoms. The first-order valence-corrected chi connectivity index (χ1v) is 24.0. The maximum absolute atomic E-state index is 15.4. The van der Waals surface area contributed by atoms with Crippen LogP contribution in [0.25, 0.3) is 22.0 Å². The van der Waals surface area contributed by atoms with Crippen LogP contribution in [0.5, 0.6) is 17.4 Å². The second kappa shape index (κ2) is 18.1. The second-order valence-electron chi connectivity index (χ2n) is 19.8. The molecule has 3 heterocycles. The molecular weight excluding hydrogens is 858 g/mol. The minimum absolute atomic E-state index is 0. The molecule has 1 saturated heterocycles. The molecule has 15 nitrogen and oxygen atoms in total. The fourth-order valence-corrected chi connectivity index (χ4v) is 10.1. The smallest absolute Gasteiger partial charge is 0.408 e. The molecule has 2 aliphatic carbocycles. The topological polar surface area (TPSA) is 192 Å². The molecule has 7 rings (SSSR count). The SMILES string of the molecule is COc1cc2cc(-c3ccc(OC(C)C)cc3)nc(O[C@@H]3C[C@H]4C(=O)N[C@]5(C(=O)NS(=O)(=O)C6(C)CC6)C[C@H]5/C=C\CC[C@H](C)C[C@@H](C)[C@H](NC(=O)OC(C)(C)C)C(=O)N4C3)c2cc1F.[HH].[HH].[HH]. The van der Waals surface area contributed by atoms with Gasteiger partial charge in [-0.25, -0.2) is 22.6 Å². The van der Waals surface area contributed by atoms with E-state index in [1.54, 1.807) is 39.8 Å². The van der Waals surface area contributed by atoms with E-state index in [9.17, 15) is 22.8 Å². The van der Waals surface area contributed by atoms with Crippen molar-refractivity contribution in [1.82, 2.24) is 25.2 Å². The number of amides is 4.